The van der Waals surface area contributed by atoms with Gasteiger partial charge in [-0.3, -0.25) is 4.79 Å². The maximum absolute atomic E-state index is 10.4. The lowest BCUT2D eigenvalue weighted by atomic mass is 9.84. The highest BCUT2D eigenvalue weighted by molar-refractivity contribution is 5.66. The van der Waals surface area contributed by atoms with Crippen LogP contribution in [0.5, 0.6) is 0 Å². The molecule has 0 fully saturated rings. The Kier molecular flexibility index (Phi) is 6.03. The lowest BCUT2D eigenvalue weighted by molar-refractivity contribution is -0.137. The highest BCUT2D eigenvalue weighted by Gasteiger charge is 2.19. The Balaban J connectivity index is 2.43. The van der Waals surface area contributed by atoms with Gasteiger partial charge < -0.3 is 10.4 Å². The molecule has 0 aliphatic carbocycles. The predicted octanol–water partition coefficient (Wildman–Crippen LogP) is 2.98. The zero-order chi connectivity index (χ0) is 14.3. The molecule has 0 amide bonds. The smallest absolute Gasteiger partial charge is 0.303 e. The second kappa shape index (κ2) is 7.29. The molecule has 0 aliphatic heterocycles. The van der Waals surface area contributed by atoms with Crippen LogP contribution in [0.25, 0.3) is 0 Å². The van der Waals surface area contributed by atoms with E-state index in [1.165, 1.54) is 11.1 Å². The number of hydrogen-bond acceptors (Lipinski definition) is 2. The van der Waals surface area contributed by atoms with E-state index in [4.69, 9.17) is 5.11 Å². The van der Waals surface area contributed by atoms with E-state index in [9.17, 15) is 4.79 Å². The number of carbonyl (C=O) groups is 1. The minimum Gasteiger partial charge on any atom is -0.481 e. The summed E-state index contributed by atoms with van der Waals surface area (Å²) in [7, 11) is 0. The summed E-state index contributed by atoms with van der Waals surface area (Å²) in [6.45, 7) is 8.18. The molecule has 1 aromatic carbocycles. The van der Waals surface area contributed by atoms with Crippen LogP contribution >= 0.6 is 0 Å². The number of carboxylic acid groups (broad SMARTS) is 1. The van der Waals surface area contributed by atoms with Gasteiger partial charge in [0.15, 0.2) is 0 Å². The maximum atomic E-state index is 10.4. The van der Waals surface area contributed by atoms with Crippen LogP contribution in [0.3, 0.4) is 0 Å². The molecule has 0 radical (unpaired) electrons. The number of aliphatic carboxylic acids is 1. The molecule has 2 N–H and O–H groups in total. The van der Waals surface area contributed by atoms with E-state index >= 15 is 0 Å². The molecule has 0 spiro atoms. The van der Waals surface area contributed by atoms with Gasteiger partial charge in [0.25, 0.3) is 0 Å². The first kappa shape index (κ1) is 15.7. The van der Waals surface area contributed by atoms with Gasteiger partial charge in [-0.05, 0) is 30.5 Å². The van der Waals surface area contributed by atoms with Gasteiger partial charge in [-0.2, -0.15) is 0 Å². The molecule has 0 aliphatic rings. The molecule has 0 heterocycles. The molecule has 3 heteroatoms. The van der Waals surface area contributed by atoms with Crippen LogP contribution in [-0.2, 0) is 16.6 Å². The van der Waals surface area contributed by atoms with Crippen LogP contribution in [-0.4, -0.2) is 24.2 Å². The van der Waals surface area contributed by atoms with Gasteiger partial charge in [-0.15, -0.1) is 0 Å². The average Bonchev–Trinajstić information content (AvgIpc) is 2.38. The van der Waals surface area contributed by atoms with Crippen molar-refractivity contribution in [2.75, 3.05) is 13.1 Å². The van der Waals surface area contributed by atoms with Crippen LogP contribution in [0.2, 0.25) is 0 Å². The van der Waals surface area contributed by atoms with E-state index in [0.29, 0.717) is 6.42 Å². The average molecular weight is 263 g/mol. The van der Waals surface area contributed by atoms with Gasteiger partial charge in [0.2, 0.25) is 0 Å². The summed E-state index contributed by atoms with van der Waals surface area (Å²) in [5, 5.41) is 11.9. The molecule has 0 bridgehead atoms. The van der Waals surface area contributed by atoms with E-state index in [0.717, 1.165) is 19.5 Å². The molecule has 0 aromatic heterocycles. The molecule has 0 saturated carbocycles. The van der Waals surface area contributed by atoms with Crippen molar-refractivity contribution in [3.8, 4) is 0 Å². The number of aryl methyl sites for hydroxylation is 1. The summed E-state index contributed by atoms with van der Waals surface area (Å²) in [5.41, 5.74) is 2.74. The fourth-order valence-electron chi connectivity index (χ4n) is 2.06. The summed E-state index contributed by atoms with van der Waals surface area (Å²) in [5.74, 6) is -0.726. The van der Waals surface area contributed by atoms with E-state index < -0.39 is 5.97 Å². The molecule has 0 unspecified atom stereocenters. The predicted molar refractivity (Wildman–Crippen MR) is 78.6 cm³/mol. The Morgan fingerprint density at radius 3 is 2.42 bits per heavy atom. The van der Waals surface area contributed by atoms with Gasteiger partial charge in [0, 0.05) is 18.4 Å². The Morgan fingerprint density at radius 2 is 1.89 bits per heavy atom. The molecule has 1 rings (SSSR count). The Labute approximate surface area is 116 Å². The zero-order valence-electron chi connectivity index (χ0n) is 12.2. The molecular formula is C16H25NO2. The molecule has 0 saturated heterocycles. The minimum atomic E-state index is -0.726. The largest absolute Gasteiger partial charge is 0.481 e. The third-order valence-electron chi connectivity index (χ3n) is 3.45. The third kappa shape index (κ3) is 5.43. The van der Waals surface area contributed by atoms with Crippen molar-refractivity contribution in [3.05, 3.63) is 35.4 Å². The van der Waals surface area contributed by atoms with E-state index in [1.54, 1.807) is 0 Å². The van der Waals surface area contributed by atoms with Crippen molar-refractivity contribution in [2.45, 2.75) is 45.4 Å². The maximum Gasteiger partial charge on any atom is 0.303 e. The van der Waals surface area contributed by atoms with Crippen molar-refractivity contribution in [3.63, 3.8) is 0 Å². The first-order valence-electron chi connectivity index (χ1n) is 6.97. The van der Waals surface area contributed by atoms with E-state index in [2.05, 4.69) is 50.4 Å². The molecule has 1 aromatic rings. The van der Waals surface area contributed by atoms with Crippen LogP contribution in [0.1, 0.15) is 44.7 Å². The van der Waals surface area contributed by atoms with E-state index in [1.807, 2.05) is 0 Å². The summed E-state index contributed by atoms with van der Waals surface area (Å²) in [4.78, 5) is 10.4. The van der Waals surface area contributed by atoms with E-state index in [-0.39, 0.29) is 11.8 Å². The number of nitrogens with one attached hydrogen (secondary N) is 1. The van der Waals surface area contributed by atoms with Crippen LogP contribution in [0.15, 0.2) is 24.3 Å². The Bertz CT molecular complexity index is 396. The lowest BCUT2D eigenvalue weighted by Gasteiger charge is -2.26. The Hall–Kier alpha value is -1.35. The normalized spacial score (nSPS) is 11.5. The van der Waals surface area contributed by atoms with Crippen molar-refractivity contribution in [1.29, 1.82) is 0 Å². The molecule has 19 heavy (non-hydrogen) atoms. The summed E-state index contributed by atoms with van der Waals surface area (Å²) in [6.07, 6.45) is 1.98. The second-order valence-electron chi connectivity index (χ2n) is 5.61. The summed E-state index contributed by atoms with van der Waals surface area (Å²) in [6, 6.07) is 8.75. The first-order chi connectivity index (χ1) is 8.95. The molecule has 3 nitrogen and oxygen atoms in total. The Morgan fingerprint density at radius 1 is 1.26 bits per heavy atom. The highest BCUT2D eigenvalue weighted by atomic mass is 16.4. The number of rotatable bonds is 8. The van der Waals surface area contributed by atoms with Gasteiger partial charge in [-0.25, -0.2) is 0 Å². The summed E-state index contributed by atoms with van der Waals surface area (Å²) >= 11 is 0. The van der Waals surface area contributed by atoms with Crippen LogP contribution in [0.4, 0.5) is 0 Å². The number of hydrogen-bond donors (Lipinski definition) is 2. The minimum absolute atomic E-state index is 0.0650. The van der Waals surface area contributed by atoms with Gasteiger partial charge in [-0.1, -0.05) is 45.0 Å². The topological polar surface area (TPSA) is 49.3 Å². The number of benzene rings is 1. The SMILES string of the molecule is CCc1ccc(C(C)(C)CNCCCC(=O)O)cc1. The molecule has 106 valence electrons. The zero-order valence-corrected chi connectivity index (χ0v) is 12.2. The molecule has 0 atom stereocenters. The van der Waals surface area contributed by atoms with Crippen molar-refractivity contribution in [2.24, 2.45) is 0 Å². The monoisotopic (exact) mass is 263 g/mol. The fraction of sp³-hybridized carbons (Fsp3) is 0.562. The number of carboxylic acids is 1. The van der Waals surface area contributed by atoms with Crippen molar-refractivity contribution < 1.29 is 9.90 Å². The van der Waals surface area contributed by atoms with Gasteiger partial charge in [0.05, 0.1) is 0 Å². The lowest BCUT2D eigenvalue weighted by Crippen LogP contribution is -2.33. The summed E-state index contributed by atoms with van der Waals surface area (Å²) < 4.78 is 0. The second-order valence-corrected chi connectivity index (χ2v) is 5.61. The fourth-order valence-corrected chi connectivity index (χ4v) is 2.06. The first-order valence-corrected chi connectivity index (χ1v) is 6.97. The van der Waals surface area contributed by atoms with Gasteiger partial charge >= 0.3 is 5.97 Å². The van der Waals surface area contributed by atoms with Crippen molar-refractivity contribution >= 4 is 5.97 Å². The van der Waals surface area contributed by atoms with Crippen LogP contribution < -0.4 is 5.32 Å². The quantitative estimate of drug-likeness (QED) is 0.709. The molecular weight excluding hydrogens is 238 g/mol. The van der Waals surface area contributed by atoms with Crippen LogP contribution in [0, 0.1) is 0 Å². The standard InChI is InChI=1S/C16H25NO2/c1-4-13-7-9-14(10-8-13)16(2,3)12-17-11-5-6-15(18)19/h7-10,17H,4-6,11-12H2,1-3H3,(H,18,19). The third-order valence-corrected chi connectivity index (χ3v) is 3.45. The van der Waals surface area contributed by atoms with Gasteiger partial charge in [0.1, 0.15) is 0 Å². The van der Waals surface area contributed by atoms with Crippen molar-refractivity contribution in [1.82, 2.24) is 5.32 Å². The highest BCUT2D eigenvalue weighted by Crippen LogP contribution is 2.22.